The number of hydrogen-bond donors (Lipinski definition) is 3. The van der Waals surface area contributed by atoms with Crippen LogP contribution >= 0.6 is 0 Å². The summed E-state index contributed by atoms with van der Waals surface area (Å²) in [7, 11) is 0. The van der Waals surface area contributed by atoms with Crippen LogP contribution in [-0.4, -0.2) is 40.3 Å². The van der Waals surface area contributed by atoms with E-state index in [9.17, 15) is 14.4 Å². The molecule has 2 aromatic carbocycles. The minimum atomic E-state index is -0.674. The Kier molecular flexibility index (Phi) is 5.03. The highest BCUT2D eigenvalue weighted by Gasteiger charge is 2.39. The largest absolute Gasteiger partial charge is 0.361 e. The average Bonchev–Trinajstić information content (AvgIpc) is 3.24. The first-order chi connectivity index (χ1) is 14.0. The molecule has 1 fully saturated rings. The van der Waals surface area contributed by atoms with Crippen LogP contribution in [0.4, 0.5) is 4.79 Å². The van der Waals surface area contributed by atoms with Crippen LogP contribution in [0.5, 0.6) is 0 Å². The Hall–Kier alpha value is -3.61. The Bertz CT molecular complexity index is 1070. The van der Waals surface area contributed by atoms with E-state index in [-0.39, 0.29) is 18.4 Å². The molecule has 2 heterocycles. The first kappa shape index (κ1) is 18.7. The van der Waals surface area contributed by atoms with E-state index in [0.29, 0.717) is 13.0 Å². The molecule has 1 unspecified atom stereocenters. The third kappa shape index (κ3) is 3.99. The molecule has 1 saturated heterocycles. The zero-order chi connectivity index (χ0) is 20.4. The fourth-order valence-electron chi connectivity index (χ4n) is 3.49. The fourth-order valence-corrected chi connectivity index (χ4v) is 3.49. The number of H-pyrrole nitrogens is 1. The van der Waals surface area contributed by atoms with E-state index in [0.717, 1.165) is 32.5 Å². The number of imide groups is 1. The number of aromatic amines is 1. The fraction of sp³-hybridized carbons (Fsp3) is 0.227. The smallest absolute Gasteiger partial charge is 0.325 e. The van der Waals surface area contributed by atoms with Gasteiger partial charge in [-0.2, -0.15) is 0 Å². The number of hydrogen-bond acceptors (Lipinski definition) is 3. The van der Waals surface area contributed by atoms with Crippen molar-refractivity contribution in [3.05, 3.63) is 71.4 Å². The second-order valence-corrected chi connectivity index (χ2v) is 7.25. The lowest BCUT2D eigenvalue weighted by atomic mass is 10.1. The van der Waals surface area contributed by atoms with E-state index in [1.807, 2.05) is 61.7 Å². The highest BCUT2D eigenvalue weighted by Crippen LogP contribution is 2.21. The van der Waals surface area contributed by atoms with Gasteiger partial charge < -0.3 is 15.6 Å². The number of para-hydroxylation sites is 1. The van der Waals surface area contributed by atoms with E-state index in [1.165, 1.54) is 0 Å². The minimum absolute atomic E-state index is 0.291. The molecule has 29 heavy (non-hydrogen) atoms. The molecule has 0 saturated carbocycles. The number of aryl methyl sites for hydroxylation is 1. The van der Waals surface area contributed by atoms with Crippen molar-refractivity contribution in [3.8, 4) is 0 Å². The molecule has 4 rings (SSSR count). The second kappa shape index (κ2) is 7.79. The molecule has 3 aromatic rings. The minimum Gasteiger partial charge on any atom is -0.361 e. The standard InChI is InChI=1S/C22H22N4O3/c1-14-6-8-15(9-7-14)11-24-20(27)13-26-21(28)19(25-22(26)29)10-16-12-23-18-5-3-2-4-17(16)18/h2-9,12,19,23H,10-11,13H2,1H3,(H,24,27)(H,25,29). The number of benzene rings is 2. The summed E-state index contributed by atoms with van der Waals surface area (Å²) < 4.78 is 0. The van der Waals surface area contributed by atoms with Crippen molar-refractivity contribution in [2.45, 2.75) is 25.9 Å². The molecular weight excluding hydrogens is 368 g/mol. The normalized spacial score (nSPS) is 16.3. The number of fused-ring (bicyclic) bond motifs is 1. The number of nitrogens with one attached hydrogen (secondary N) is 3. The Morgan fingerprint density at radius 3 is 2.66 bits per heavy atom. The van der Waals surface area contributed by atoms with Gasteiger partial charge in [0.1, 0.15) is 12.6 Å². The van der Waals surface area contributed by atoms with E-state index < -0.39 is 12.1 Å². The quantitative estimate of drug-likeness (QED) is 0.564. The van der Waals surface area contributed by atoms with Gasteiger partial charge in [0.2, 0.25) is 5.91 Å². The molecule has 1 atom stereocenters. The van der Waals surface area contributed by atoms with Gasteiger partial charge in [-0.05, 0) is 24.1 Å². The zero-order valence-corrected chi connectivity index (χ0v) is 16.1. The van der Waals surface area contributed by atoms with Gasteiger partial charge in [-0.25, -0.2) is 4.79 Å². The number of carbonyl (C=O) groups excluding carboxylic acids is 3. The summed E-state index contributed by atoms with van der Waals surface area (Å²) in [5, 5.41) is 6.46. The Balaban J connectivity index is 1.36. The van der Waals surface area contributed by atoms with E-state index >= 15 is 0 Å². The Labute approximate surface area is 168 Å². The molecule has 7 nitrogen and oxygen atoms in total. The maximum absolute atomic E-state index is 12.7. The molecule has 0 spiro atoms. The SMILES string of the molecule is Cc1ccc(CNC(=O)CN2C(=O)NC(Cc3c[nH]c4ccccc34)C2=O)cc1. The molecule has 7 heteroatoms. The summed E-state index contributed by atoms with van der Waals surface area (Å²) in [4.78, 5) is 41.3. The highest BCUT2D eigenvalue weighted by atomic mass is 16.2. The topological polar surface area (TPSA) is 94.3 Å². The van der Waals surface area contributed by atoms with E-state index in [1.54, 1.807) is 0 Å². The number of amides is 4. The maximum Gasteiger partial charge on any atom is 0.325 e. The third-order valence-electron chi connectivity index (χ3n) is 5.12. The molecule has 0 bridgehead atoms. The maximum atomic E-state index is 12.7. The van der Waals surface area contributed by atoms with Crippen molar-refractivity contribution in [1.82, 2.24) is 20.5 Å². The van der Waals surface area contributed by atoms with Crippen LogP contribution < -0.4 is 10.6 Å². The molecule has 1 aliphatic heterocycles. The lowest BCUT2D eigenvalue weighted by molar-refractivity contribution is -0.132. The van der Waals surface area contributed by atoms with E-state index in [2.05, 4.69) is 15.6 Å². The third-order valence-corrected chi connectivity index (χ3v) is 5.12. The van der Waals surface area contributed by atoms with Gasteiger partial charge >= 0.3 is 6.03 Å². The molecule has 148 valence electrons. The van der Waals surface area contributed by atoms with Crippen LogP contribution in [0.3, 0.4) is 0 Å². The summed E-state index contributed by atoms with van der Waals surface area (Å²) in [6.45, 7) is 2.05. The monoisotopic (exact) mass is 390 g/mol. The summed E-state index contributed by atoms with van der Waals surface area (Å²) in [6, 6.07) is 14.4. The van der Waals surface area contributed by atoms with Crippen LogP contribution in [0.25, 0.3) is 10.9 Å². The zero-order valence-electron chi connectivity index (χ0n) is 16.1. The first-order valence-corrected chi connectivity index (χ1v) is 9.50. The Morgan fingerprint density at radius 2 is 1.86 bits per heavy atom. The first-order valence-electron chi connectivity index (χ1n) is 9.50. The number of nitrogens with zero attached hydrogens (tertiary/aromatic N) is 1. The van der Waals surface area contributed by atoms with Crippen molar-refractivity contribution in [3.63, 3.8) is 0 Å². The summed E-state index contributed by atoms with van der Waals surface area (Å²) in [5.41, 5.74) is 4.02. The predicted octanol–water partition coefficient (Wildman–Crippen LogP) is 2.26. The van der Waals surface area contributed by atoms with Gasteiger partial charge in [0.25, 0.3) is 5.91 Å². The molecular formula is C22H22N4O3. The Morgan fingerprint density at radius 1 is 1.10 bits per heavy atom. The molecule has 0 radical (unpaired) electrons. The van der Waals surface area contributed by atoms with Crippen LogP contribution in [0.15, 0.2) is 54.7 Å². The van der Waals surface area contributed by atoms with Crippen LogP contribution in [-0.2, 0) is 22.6 Å². The molecule has 4 amide bonds. The lowest BCUT2D eigenvalue weighted by Gasteiger charge is -2.13. The van der Waals surface area contributed by atoms with Gasteiger partial charge in [-0.1, -0.05) is 48.0 Å². The number of aromatic nitrogens is 1. The highest BCUT2D eigenvalue weighted by molar-refractivity contribution is 6.06. The molecule has 0 aliphatic carbocycles. The van der Waals surface area contributed by atoms with Crippen molar-refractivity contribution in [2.24, 2.45) is 0 Å². The second-order valence-electron chi connectivity index (χ2n) is 7.25. The summed E-state index contributed by atoms with van der Waals surface area (Å²) in [6.07, 6.45) is 2.22. The van der Waals surface area contributed by atoms with Gasteiger partial charge in [-0.3, -0.25) is 14.5 Å². The van der Waals surface area contributed by atoms with E-state index in [4.69, 9.17) is 0 Å². The average molecular weight is 390 g/mol. The van der Waals surface area contributed by atoms with Crippen molar-refractivity contribution in [2.75, 3.05) is 6.54 Å². The van der Waals surface area contributed by atoms with Gasteiger partial charge in [0.15, 0.2) is 0 Å². The van der Waals surface area contributed by atoms with Crippen molar-refractivity contribution in [1.29, 1.82) is 0 Å². The molecule has 1 aliphatic rings. The van der Waals surface area contributed by atoms with Gasteiger partial charge in [0, 0.05) is 30.1 Å². The predicted molar refractivity (Wildman–Crippen MR) is 109 cm³/mol. The van der Waals surface area contributed by atoms with Gasteiger partial charge in [0.05, 0.1) is 0 Å². The van der Waals surface area contributed by atoms with Crippen molar-refractivity contribution < 1.29 is 14.4 Å². The number of carbonyl (C=O) groups is 3. The van der Waals surface area contributed by atoms with Crippen molar-refractivity contribution >= 4 is 28.7 Å². The summed E-state index contributed by atoms with van der Waals surface area (Å²) >= 11 is 0. The number of urea groups is 1. The summed E-state index contributed by atoms with van der Waals surface area (Å²) in [5.74, 6) is -0.757. The van der Waals surface area contributed by atoms with Crippen LogP contribution in [0.1, 0.15) is 16.7 Å². The lowest BCUT2D eigenvalue weighted by Crippen LogP contribution is -2.41. The van der Waals surface area contributed by atoms with Gasteiger partial charge in [-0.15, -0.1) is 0 Å². The molecule has 3 N–H and O–H groups in total. The van der Waals surface area contributed by atoms with Crippen LogP contribution in [0, 0.1) is 6.92 Å². The molecule has 1 aromatic heterocycles. The number of rotatable bonds is 6. The van der Waals surface area contributed by atoms with Crippen LogP contribution in [0.2, 0.25) is 0 Å².